The molecule has 3 heterocycles. The molecule has 1 atom stereocenters. The van der Waals surface area contributed by atoms with Gasteiger partial charge in [0.15, 0.2) is 0 Å². The van der Waals surface area contributed by atoms with Crippen LogP contribution < -0.4 is 5.32 Å². The second-order valence-corrected chi connectivity index (χ2v) is 8.03. The summed E-state index contributed by atoms with van der Waals surface area (Å²) in [6, 6.07) is 3.33. The Morgan fingerprint density at radius 3 is 2.63 bits per heavy atom. The lowest BCUT2D eigenvalue weighted by molar-refractivity contribution is -0.137. The molecular weight excluding hydrogens is 364 g/mol. The molecule has 8 heteroatoms. The zero-order chi connectivity index (χ0) is 19.2. The third kappa shape index (κ3) is 4.87. The third-order valence-corrected chi connectivity index (χ3v) is 6.01. The van der Waals surface area contributed by atoms with Crippen LogP contribution in [0.2, 0.25) is 0 Å². The smallest absolute Gasteiger partial charge is 0.264 e. The summed E-state index contributed by atoms with van der Waals surface area (Å²) in [5.74, 6) is 0.0553. The molecule has 0 aliphatic carbocycles. The summed E-state index contributed by atoms with van der Waals surface area (Å²) in [6.07, 6.45) is 2.52. The lowest BCUT2D eigenvalue weighted by Crippen LogP contribution is -2.55. The Hall–Kier alpha value is -1.93. The molecule has 0 aromatic carbocycles. The summed E-state index contributed by atoms with van der Waals surface area (Å²) in [7, 11) is 0. The molecule has 27 heavy (non-hydrogen) atoms. The van der Waals surface area contributed by atoms with Gasteiger partial charge in [-0.15, -0.1) is 11.3 Å². The predicted octanol–water partition coefficient (Wildman–Crippen LogP) is 1.02. The molecule has 0 spiro atoms. The molecule has 0 radical (unpaired) electrons. The maximum Gasteiger partial charge on any atom is 0.264 e. The summed E-state index contributed by atoms with van der Waals surface area (Å²) in [6.45, 7) is 6.36. The van der Waals surface area contributed by atoms with E-state index >= 15 is 0 Å². The molecule has 3 amide bonds. The van der Waals surface area contributed by atoms with Crippen molar-refractivity contribution in [2.75, 3.05) is 45.8 Å². The maximum absolute atomic E-state index is 13.0. The summed E-state index contributed by atoms with van der Waals surface area (Å²) >= 11 is 1.42. The normalized spacial score (nSPS) is 20.7. The first kappa shape index (κ1) is 19.8. The van der Waals surface area contributed by atoms with Gasteiger partial charge in [0.1, 0.15) is 6.04 Å². The Balaban J connectivity index is 1.51. The minimum Gasteiger partial charge on any atom is -0.355 e. The Morgan fingerprint density at radius 1 is 1.19 bits per heavy atom. The number of carbonyl (C=O) groups excluding carboxylic acids is 3. The van der Waals surface area contributed by atoms with Crippen LogP contribution in [0.25, 0.3) is 0 Å². The number of thiophene rings is 1. The molecular formula is C19H28N4O3S. The molecule has 7 nitrogen and oxygen atoms in total. The molecule has 1 aromatic heterocycles. The lowest BCUT2D eigenvalue weighted by Gasteiger charge is -2.37. The van der Waals surface area contributed by atoms with Crippen molar-refractivity contribution in [1.29, 1.82) is 0 Å². The third-order valence-electron chi connectivity index (χ3n) is 5.15. The van der Waals surface area contributed by atoms with Crippen molar-refractivity contribution in [3.8, 4) is 0 Å². The molecule has 2 fully saturated rings. The molecule has 0 saturated carbocycles. The van der Waals surface area contributed by atoms with E-state index in [9.17, 15) is 14.4 Å². The van der Waals surface area contributed by atoms with E-state index in [2.05, 4.69) is 10.2 Å². The van der Waals surface area contributed by atoms with Gasteiger partial charge in [-0.1, -0.05) is 13.0 Å². The number of nitrogens with one attached hydrogen (secondary N) is 1. The van der Waals surface area contributed by atoms with Gasteiger partial charge in [0.05, 0.1) is 11.4 Å². The Labute approximate surface area is 164 Å². The lowest BCUT2D eigenvalue weighted by atomic mass is 10.1. The molecule has 1 N–H and O–H groups in total. The van der Waals surface area contributed by atoms with Gasteiger partial charge in [-0.3, -0.25) is 19.3 Å². The van der Waals surface area contributed by atoms with Gasteiger partial charge < -0.3 is 15.1 Å². The second-order valence-electron chi connectivity index (χ2n) is 7.09. The van der Waals surface area contributed by atoms with E-state index in [1.54, 1.807) is 4.90 Å². The van der Waals surface area contributed by atoms with E-state index < -0.39 is 0 Å². The largest absolute Gasteiger partial charge is 0.355 e. The highest BCUT2D eigenvalue weighted by molar-refractivity contribution is 7.12. The monoisotopic (exact) mass is 392 g/mol. The van der Waals surface area contributed by atoms with Crippen LogP contribution >= 0.6 is 11.3 Å². The molecule has 2 aliphatic heterocycles. The minimum atomic E-state index is -0.348. The van der Waals surface area contributed by atoms with Gasteiger partial charge in [0.25, 0.3) is 5.91 Å². The van der Waals surface area contributed by atoms with Crippen molar-refractivity contribution in [3.05, 3.63) is 22.4 Å². The Kier molecular flexibility index (Phi) is 6.84. The summed E-state index contributed by atoms with van der Waals surface area (Å²) in [5.41, 5.74) is 0. The van der Waals surface area contributed by atoms with Gasteiger partial charge in [0.2, 0.25) is 11.8 Å². The second kappa shape index (κ2) is 9.32. The highest BCUT2D eigenvalue weighted by Crippen LogP contribution is 2.24. The number of amides is 3. The highest BCUT2D eigenvalue weighted by Gasteiger charge is 2.38. The SMILES string of the molecule is CCCNC(=O)CN1CCN(C(=O)[C@@H]2CCCN2C(=O)c2cccs2)CC1. The van der Waals surface area contributed by atoms with Crippen LogP contribution in [0.1, 0.15) is 35.9 Å². The average molecular weight is 393 g/mol. The van der Waals surface area contributed by atoms with Crippen molar-refractivity contribution in [3.63, 3.8) is 0 Å². The number of nitrogens with zero attached hydrogens (tertiary/aromatic N) is 3. The molecule has 2 aliphatic rings. The van der Waals surface area contributed by atoms with Crippen molar-refractivity contribution in [2.45, 2.75) is 32.2 Å². The van der Waals surface area contributed by atoms with E-state index in [0.29, 0.717) is 50.7 Å². The first-order chi connectivity index (χ1) is 13.1. The van der Waals surface area contributed by atoms with Gasteiger partial charge in [-0.05, 0) is 30.7 Å². The van der Waals surface area contributed by atoms with Crippen molar-refractivity contribution >= 4 is 29.1 Å². The fraction of sp³-hybridized carbons (Fsp3) is 0.632. The maximum atomic E-state index is 13.0. The van der Waals surface area contributed by atoms with Gasteiger partial charge in [0, 0.05) is 39.3 Å². The van der Waals surface area contributed by atoms with Crippen LogP contribution in [0.3, 0.4) is 0 Å². The van der Waals surface area contributed by atoms with Crippen LogP contribution in [0, 0.1) is 0 Å². The average Bonchev–Trinajstić information content (AvgIpc) is 3.37. The number of hydrogen-bond acceptors (Lipinski definition) is 5. The first-order valence-electron chi connectivity index (χ1n) is 9.72. The number of hydrogen-bond donors (Lipinski definition) is 1. The molecule has 3 rings (SSSR count). The highest BCUT2D eigenvalue weighted by atomic mass is 32.1. The fourth-order valence-corrected chi connectivity index (χ4v) is 4.35. The number of rotatable bonds is 6. The Bertz CT molecular complexity index is 656. The van der Waals surface area contributed by atoms with Crippen LogP contribution in [0.4, 0.5) is 0 Å². The van der Waals surface area contributed by atoms with Crippen molar-refractivity contribution < 1.29 is 14.4 Å². The summed E-state index contributed by atoms with van der Waals surface area (Å²) < 4.78 is 0. The standard InChI is InChI=1S/C19H28N4O3S/c1-2-7-20-17(24)14-21-9-11-22(12-10-21)18(25)15-5-3-8-23(15)19(26)16-6-4-13-27-16/h4,6,13,15H,2-3,5,7-12,14H2,1H3,(H,20,24)/t15-/m0/s1. The van der Waals surface area contributed by atoms with Crippen molar-refractivity contribution in [2.24, 2.45) is 0 Å². The van der Waals surface area contributed by atoms with Crippen LogP contribution in [0.5, 0.6) is 0 Å². The summed E-state index contributed by atoms with van der Waals surface area (Å²) in [5, 5.41) is 4.77. The fourth-order valence-electron chi connectivity index (χ4n) is 3.67. The van der Waals surface area contributed by atoms with E-state index in [4.69, 9.17) is 0 Å². The number of likely N-dealkylation sites (tertiary alicyclic amines) is 1. The van der Waals surface area contributed by atoms with Crippen LogP contribution in [-0.2, 0) is 9.59 Å². The van der Waals surface area contributed by atoms with Gasteiger partial charge in [-0.25, -0.2) is 0 Å². The molecule has 0 bridgehead atoms. The molecule has 0 unspecified atom stereocenters. The zero-order valence-electron chi connectivity index (χ0n) is 15.9. The van der Waals surface area contributed by atoms with Crippen LogP contribution in [-0.4, -0.2) is 84.3 Å². The molecule has 1 aromatic rings. The number of piperazine rings is 1. The van der Waals surface area contributed by atoms with Gasteiger partial charge in [-0.2, -0.15) is 0 Å². The van der Waals surface area contributed by atoms with E-state index in [0.717, 1.165) is 19.3 Å². The van der Waals surface area contributed by atoms with Crippen molar-refractivity contribution in [1.82, 2.24) is 20.0 Å². The van der Waals surface area contributed by atoms with E-state index in [1.807, 2.05) is 29.3 Å². The topological polar surface area (TPSA) is 73.0 Å². The molecule has 148 valence electrons. The van der Waals surface area contributed by atoms with E-state index in [-0.39, 0.29) is 23.8 Å². The van der Waals surface area contributed by atoms with E-state index in [1.165, 1.54) is 11.3 Å². The molecule has 2 saturated heterocycles. The number of carbonyl (C=O) groups is 3. The minimum absolute atomic E-state index is 0.0351. The Morgan fingerprint density at radius 2 is 1.96 bits per heavy atom. The zero-order valence-corrected chi connectivity index (χ0v) is 16.7. The quantitative estimate of drug-likeness (QED) is 0.785. The summed E-state index contributed by atoms with van der Waals surface area (Å²) in [4.78, 5) is 43.9. The first-order valence-corrected chi connectivity index (χ1v) is 10.6. The predicted molar refractivity (Wildman–Crippen MR) is 105 cm³/mol. The van der Waals surface area contributed by atoms with Gasteiger partial charge >= 0.3 is 0 Å². The van der Waals surface area contributed by atoms with Crippen LogP contribution in [0.15, 0.2) is 17.5 Å².